The van der Waals surface area contributed by atoms with Crippen LogP contribution in [-0.2, 0) is 12.8 Å². The number of aryl methyl sites for hydroxylation is 2. The van der Waals surface area contributed by atoms with E-state index in [4.69, 9.17) is 0 Å². The van der Waals surface area contributed by atoms with Crippen LogP contribution in [-0.4, -0.2) is 12.5 Å². The normalized spacial score (nSPS) is 11.8. The molecule has 0 aliphatic carbocycles. The molecule has 1 aromatic rings. The van der Waals surface area contributed by atoms with E-state index < -0.39 is 8.07 Å². The Balaban J connectivity index is 2.01. The summed E-state index contributed by atoms with van der Waals surface area (Å²) < 4.78 is 1.22. The molecule has 0 atom stereocenters. The minimum absolute atomic E-state index is 0.788. The van der Waals surface area contributed by atoms with Gasteiger partial charge >= 0.3 is 0 Å². The molecule has 120 valence electrons. The first-order chi connectivity index (χ1) is 10.0. The van der Waals surface area contributed by atoms with E-state index in [2.05, 4.69) is 66.5 Å². The van der Waals surface area contributed by atoms with Crippen LogP contribution in [0.25, 0.3) is 0 Å². The molecule has 0 radical (unpaired) electrons. The van der Waals surface area contributed by atoms with Gasteiger partial charge in [-0.2, -0.15) is 0 Å². The van der Waals surface area contributed by atoms with E-state index in [9.17, 15) is 0 Å². The Labute approximate surface area is 147 Å². The van der Waals surface area contributed by atoms with Crippen LogP contribution < -0.4 is 0 Å². The predicted molar refractivity (Wildman–Crippen MR) is 109 cm³/mol. The van der Waals surface area contributed by atoms with Gasteiger partial charge in [0.2, 0.25) is 0 Å². The van der Waals surface area contributed by atoms with Crippen LogP contribution in [0.5, 0.6) is 0 Å². The van der Waals surface area contributed by atoms with Crippen LogP contribution in [0, 0.1) is 0 Å². The van der Waals surface area contributed by atoms with Gasteiger partial charge < -0.3 is 0 Å². The summed E-state index contributed by atoms with van der Waals surface area (Å²) >= 11 is 2.45. The van der Waals surface area contributed by atoms with Gasteiger partial charge in [0.15, 0.2) is 0 Å². The Bertz CT molecular complexity index is 364. The minimum atomic E-state index is -0.788. The molecule has 0 heterocycles. The number of rotatable bonds is 11. The Hall–Kier alpha value is 0.167. The van der Waals surface area contributed by atoms with Crippen LogP contribution in [0.15, 0.2) is 24.3 Å². The summed E-state index contributed by atoms with van der Waals surface area (Å²) in [4.78, 5) is 0. The molecular formula is C19H33ISi. The van der Waals surface area contributed by atoms with Crippen molar-refractivity contribution in [3.8, 4) is 0 Å². The summed E-state index contributed by atoms with van der Waals surface area (Å²) in [6.45, 7) is 7.45. The van der Waals surface area contributed by atoms with Gasteiger partial charge in [-0.15, -0.1) is 0 Å². The third-order valence-corrected chi connectivity index (χ3v) is 6.44. The van der Waals surface area contributed by atoms with Gasteiger partial charge in [-0.05, 0) is 30.4 Å². The first-order valence-electron chi connectivity index (χ1n) is 8.65. The summed E-state index contributed by atoms with van der Waals surface area (Å²) in [5.41, 5.74) is 3.00. The number of alkyl halides is 1. The summed E-state index contributed by atoms with van der Waals surface area (Å²) in [5, 5.41) is 0. The minimum Gasteiger partial charge on any atom is -0.0860 e. The molecule has 0 aliphatic heterocycles. The molecule has 0 amide bonds. The summed E-state index contributed by atoms with van der Waals surface area (Å²) in [6.07, 6.45) is 11.0. The summed E-state index contributed by atoms with van der Waals surface area (Å²) in [5.74, 6) is 0. The Morgan fingerprint density at radius 3 is 1.71 bits per heavy atom. The first-order valence-corrected chi connectivity index (χ1v) is 13.9. The molecule has 0 bridgehead atoms. The van der Waals surface area contributed by atoms with Crippen LogP contribution in [0.1, 0.15) is 49.7 Å². The van der Waals surface area contributed by atoms with Crippen molar-refractivity contribution < 1.29 is 0 Å². The highest BCUT2D eigenvalue weighted by molar-refractivity contribution is 14.1. The van der Waals surface area contributed by atoms with Crippen LogP contribution in [0.3, 0.4) is 0 Å². The highest BCUT2D eigenvalue weighted by Gasteiger charge is 2.11. The maximum absolute atomic E-state index is 2.48. The van der Waals surface area contributed by atoms with Crippen molar-refractivity contribution in [2.45, 2.75) is 77.1 Å². The third kappa shape index (κ3) is 10.5. The van der Waals surface area contributed by atoms with Crippen LogP contribution in [0.4, 0.5) is 0 Å². The lowest BCUT2D eigenvalue weighted by atomic mass is 10.0. The van der Waals surface area contributed by atoms with Gasteiger partial charge in [-0.1, -0.05) is 105 Å². The molecule has 0 aliphatic rings. The fourth-order valence-corrected chi connectivity index (χ4v) is 4.61. The topological polar surface area (TPSA) is 0 Å². The highest BCUT2D eigenvalue weighted by Crippen LogP contribution is 2.16. The summed E-state index contributed by atoms with van der Waals surface area (Å²) in [6, 6.07) is 10.8. The Kier molecular flexibility index (Phi) is 9.90. The lowest BCUT2D eigenvalue weighted by molar-refractivity contribution is 0.606. The van der Waals surface area contributed by atoms with Crippen molar-refractivity contribution in [2.75, 3.05) is 4.43 Å². The van der Waals surface area contributed by atoms with E-state index in [-0.39, 0.29) is 0 Å². The van der Waals surface area contributed by atoms with E-state index in [1.807, 2.05) is 0 Å². The largest absolute Gasteiger partial charge is 0.0860 e. The average Bonchev–Trinajstić information content (AvgIpc) is 2.43. The van der Waals surface area contributed by atoms with Gasteiger partial charge in [-0.3, -0.25) is 0 Å². The van der Waals surface area contributed by atoms with Crippen molar-refractivity contribution in [1.82, 2.24) is 0 Å². The SMILES string of the molecule is C[Si](C)(C)CCCCCCCCc1ccc(CCI)cc1. The number of halogens is 1. The van der Waals surface area contributed by atoms with Crippen molar-refractivity contribution in [2.24, 2.45) is 0 Å². The molecule has 2 heteroatoms. The standard InChI is InChI=1S/C19H33ISi/c1-21(2,3)17-9-7-5-4-6-8-10-18-11-13-19(14-12-18)15-16-20/h11-14H,4-10,15-17H2,1-3H3. The smallest absolute Gasteiger partial charge is 0.0442 e. The molecule has 0 aromatic heterocycles. The molecule has 0 saturated carbocycles. The molecule has 0 nitrogen and oxygen atoms in total. The van der Waals surface area contributed by atoms with Crippen LogP contribution >= 0.6 is 22.6 Å². The second-order valence-electron chi connectivity index (χ2n) is 7.44. The lowest BCUT2D eigenvalue weighted by Gasteiger charge is -2.14. The fraction of sp³-hybridized carbons (Fsp3) is 0.684. The first kappa shape index (κ1) is 19.2. The van der Waals surface area contributed by atoms with Gasteiger partial charge in [0, 0.05) is 12.5 Å². The van der Waals surface area contributed by atoms with Crippen LogP contribution in [0.2, 0.25) is 25.7 Å². The second-order valence-corrected chi connectivity index (χ2v) is 14.1. The predicted octanol–water partition coefficient (Wildman–Crippen LogP) is 6.89. The molecule has 0 unspecified atom stereocenters. The highest BCUT2D eigenvalue weighted by atomic mass is 127. The third-order valence-electron chi connectivity index (χ3n) is 4.05. The van der Waals surface area contributed by atoms with E-state index in [1.165, 1.54) is 73.0 Å². The molecule has 21 heavy (non-hydrogen) atoms. The molecule has 0 spiro atoms. The molecule has 0 N–H and O–H groups in total. The molecule has 1 aromatic carbocycles. The van der Waals surface area contributed by atoms with E-state index in [0.29, 0.717) is 0 Å². The van der Waals surface area contributed by atoms with Gasteiger partial charge in [-0.25, -0.2) is 0 Å². The van der Waals surface area contributed by atoms with Gasteiger partial charge in [0.1, 0.15) is 0 Å². The quantitative estimate of drug-likeness (QED) is 0.160. The summed E-state index contributed by atoms with van der Waals surface area (Å²) in [7, 11) is -0.788. The van der Waals surface area contributed by atoms with Gasteiger partial charge in [0.25, 0.3) is 0 Å². The molecule has 0 saturated heterocycles. The average molecular weight is 416 g/mol. The second kappa shape index (κ2) is 10.8. The zero-order valence-corrected chi connectivity index (χ0v) is 17.4. The monoisotopic (exact) mass is 416 g/mol. The van der Waals surface area contributed by atoms with Crippen molar-refractivity contribution in [1.29, 1.82) is 0 Å². The van der Waals surface area contributed by atoms with Crippen molar-refractivity contribution in [3.05, 3.63) is 35.4 Å². The van der Waals surface area contributed by atoms with Crippen molar-refractivity contribution in [3.63, 3.8) is 0 Å². The maximum Gasteiger partial charge on any atom is 0.0442 e. The maximum atomic E-state index is 2.48. The molecular weight excluding hydrogens is 383 g/mol. The fourth-order valence-electron chi connectivity index (χ4n) is 2.67. The number of benzene rings is 1. The number of hydrogen-bond acceptors (Lipinski definition) is 0. The number of hydrogen-bond donors (Lipinski definition) is 0. The van der Waals surface area contributed by atoms with E-state index >= 15 is 0 Å². The zero-order chi connectivity index (χ0) is 15.6. The Morgan fingerprint density at radius 1 is 0.714 bits per heavy atom. The number of unbranched alkanes of at least 4 members (excludes halogenated alkanes) is 5. The van der Waals surface area contributed by atoms with E-state index in [1.54, 1.807) is 0 Å². The van der Waals surface area contributed by atoms with Gasteiger partial charge in [0.05, 0.1) is 0 Å². The van der Waals surface area contributed by atoms with E-state index in [0.717, 1.165) is 0 Å². The Morgan fingerprint density at radius 2 is 1.19 bits per heavy atom. The molecule has 1 rings (SSSR count). The zero-order valence-electron chi connectivity index (χ0n) is 14.3. The lowest BCUT2D eigenvalue weighted by Crippen LogP contribution is -2.18. The molecule has 0 fully saturated rings. The van der Waals surface area contributed by atoms with Crippen molar-refractivity contribution >= 4 is 30.7 Å².